The normalized spacial score (nSPS) is 18.4. The molecule has 0 amide bonds. The highest BCUT2D eigenvalue weighted by Gasteiger charge is 2.32. The SMILES string of the molecule is NC(CS(=O)(=O)c1cccc(F)c1)C1CC1. The summed E-state index contributed by atoms with van der Waals surface area (Å²) in [4.78, 5) is 0.0172. The Kier molecular flexibility index (Phi) is 2.99. The van der Waals surface area contributed by atoms with Crippen LogP contribution >= 0.6 is 0 Å². The van der Waals surface area contributed by atoms with Crippen molar-refractivity contribution < 1.29 is 12.8 Å². The van der Waals surface area contributed by atoms with Crippen LogP contribution < -0.4 is 5.73 Å². The van der Waals surface area contributed by atoms with Gasteiger partial charge in [-0.2, -0.15) is 0 Å². The van der Waals surface area contributed by atoms with Crippen LogP contribution in [0.4, 0.5) is 4.39 Å². The Morgan fingerprint density at radius 1 is 1.44 bits per heavy atom. The number of nitrogens with two attached hydrogens (primary N) is 1. The first-order valence-corrected chi connectivity index (χ1v) is 6.88. The summed E-state index contributed by atoms with van der Waals surface area (Å²) >= 11 is 0. The van der Waals surface area contributed by atoms with Crippen LogP contribution in [0.5, 0.6) is 0 Å². The van der Waals surface area contributed by atoms with Crippen molar-refractivity contribution in [3.05, 3.63) is 30.1 Å². The van der Waals surface area contributed by atoms with E-state index in [-0.39, 0.29) is 16.7 Å². The lowest BCUT2D eigenvalue weighted by molar-refractivity contribution is 0.571. The minimum atomic E-state index is -3.45. The van der Waals surface area contributed by atoms with Crippen molar-refractivity contribution in [3.8, 4) is 0 Å². The summed E-state index contributed by atoms with van der Waals surface area (Å²) in [6.45, 7) is 0. The topological polar surface area (TPSA) is 60.2 Å². The average Bonchev–Trinajstić information content (AvgIpc) is 3.00. The summed E-state index contributed by atoms with van der Waals surface area (Å²) in [6, 6.07) is 4.73. The summed E-state index contributed by atoms with van der Waals surface area (Å²) in [5.41, 5.74) is 5.77. The van der Waals surface area contributed by atoms with E-state index in [4.69, 9.17) is 5.73 Å². The average molecular weight is 243 g/mol. The van der Waals surface area contributed by atoms with Gasteiger partial charge >= 0.3 is 0 Å². The molecule has 0 aliphatic heterocycles. The van der Waals surface area contributed by atoms with Gasteiger partial charge in [-0.3, -0.25) is 0 Å². The van der Waals surface area contributed by atoms with E-state index in [2.05, 4.69) is 0 Å². The molecule has 0 heterocycles. The van der Waals surface area contributed by atoms with E-state index < -0.39 is 15.7 Å². The van der Waals surface area contributed by atoms with Crippen LogP contribution in [0.1, 0.15) is 12.8 Å². The van der Waals surface area contributed by atoms with Crippen molar-refractivity contribution in [3.63, 3.8) is 0 Å². The first-order valence-electron chi connectivity index (χ1n) is 5.23. The van der Waals surface area contributed by atoms with Gasteiger partial charge < -0.3 is 5.73 Å². The molecule has 1 aromatic carbocycles. The number of rotatable bonds is 4. The molecular weight excluding hydrogens is 229 g/mol. The molecule has 3 nitrogen and oxygen atoms in total. The fourth-order valence-corrected chi connectivity index (χ4v) is 3.22. The van der Waals surface area contributed by atoms with Gasteiger partial charge in [-0.05, 0) is 37.0 Å². The predicted molar refractivity (Wildman–Crippen MR) is 59.2 cm³/mol. The van der Waals surface area contributed by atoms with Crippen molar-refractivity contribution in [2.75, 3.05) is 5.75 Å². The maximum Gasteiger partial charge on any atom is 0.180 e. The number of hydrogen-bond donors (Lipinski definition) is 1. The summed E-state index contributed by atoms with van der Waals surface area (Å²) in [5.74, 6) is -0.314. The van der Waals surface area contributed by atoms with Crippen LogP contribution in [-0.2, 0) is 9.84 Å². The summed E-state index contributed by atoms with van der Waals surface area (Å²) in [5, 5.41) is 0. The van der Waals surface area contributed by atoms with Crippen molar-refractivity contribution >= 4 is 9.84 Å². The third-order valence-corrected chi connectivity index (χ3v) is 4.59. The van der Waals surface area contributed by atoms with Crippen molar-refractivity contribution in [1.82, 2.24) is 0 Å². The van der Waals surface area contributed by atoms with Crippen LogP contribution in [-0.4, -0.2) is 20.2 Å². The van der Waals surface area contributed by atoms with E-state index in [0.29, 0.717) is 5.92 Å². The fraction of sp³-hybridized carbons (Fsp3) is 0.455. The lowest BCUT2D eigenvalue weighted by Gasteiger charge is -2.10. The Balaban J connectivity index is 2.17. The zero-order valence-corrected chi connectivity index (χ0v) is 9.58. The van der Waals surface area contributed by atoms with Crippen LogP contribution in [0.3, 0.4) is 0 Å². The Hall–Kier alpha value is -0.940. The molecule has 88 valence electrons. The van der Waals surface area contributed by atoms with E-state index in [1.165, 1.54) is 18.2 Å². The van der Waals surface area contributed by atoms with Crippen LogP contribution in [0, 0.1) is 11.7 Å². The first kappa shape index (κ1) is 11.5. The van der Waals surface area contributed by atoms with E-state index >= 15 is 0 Å². The standard InChI is InChI=1S/C11H14FNO2S/c12-9-2-1-3-10(6-9)16(14,15)7-11(13)8-4-5-8/h1-3,6,8,11H,4-5,7,13H2. The largest absolute Gasteiger partial charge is 0.327 e. The van der Waals surface area contributed by atoms with Gasteiger partial charge in [0.15, 0.2) is 9.84 Å². The molecule has 1 atom stereocenters. The summed E-state index contributed by atoms with van der Waals surface area (Å²) < 4.78 is 36.7. The quantitative estimate of drug-likeness (QED) is 0.868. The Morgan fingerprint density at radius 2 is 2.12 bits per heavy atom. The van der Waals surface area contributed by atoms with Gasteiger partial charge in [0.1, 0.15) is 5.82 Å². The van der Waals surface area contributed by atoms with Crippen LogP contribution in [0.15, 0.2) is 29.2 Å². The van der Waals surface area contributed by atoms with Gasteiger partial charge in [0.2, 0.25) is 0 Å². The maximum absolute atomic E-state index is 12.9. The van der Waals surface area contributed by atoms with Gasteiger partial charge in [0.25, 0.3) is 0 Å². The minimum Gasteiger partial charge on any atom is -0.327 e. The molecule has 0 radical (unpaired) electrons. The Morgan fingerprint density at radius 3 is 2.69 bits per heavy atom. The fourth-order valence-electron chi connectivity index (χ4n) is 1.67. The lowest BCUT2D eigenvalue weighted by Crippen LogP contribution is -2.31. The molecule has 2 rings (SSSR count). The third kappa shape index (κ3) is 2.59. The molecule has 2 N–H and O–H groups in total. The highest BCUT2D eigenvalue weighted by molar-refractivity contribution is 7.91. The molecule has 0 spiro atoms. The second kappa shape index (κ2) is 4.14. The zero-order chi connectivity index (χ0) is 11.8. The molecule has 0 saturated heterocycles. The molecule has 1 saturated carbocycles. The first-order chi connectivity index (χ1) is 7.49. The zero-order valence-electron chi connectivity index (χ0n) is 8.77. The molecule has 0 aromatic heterocycles. The van der Waals surface area contributed by atoms with Crippen molar-refractivity contribution in [1.29, 1.82) is 0 Å². The Labute approximate surface area is 94.4 Å². The molecule has 5 heteroatoms. The molecule has 0 bridgehead atoms. The van der Waals surface area contributed by atoms with E-state index in [1.807, 2.05) is 0 Å². The molecule has 1 aliphatic carbocycles. The molecule has 1 fully saturated rings. The monoisotopic (exact) mass is 243 g/mol. The van der Waals surface area contributed by atoms with Gasteiger partial charge in [0, 0.05) is 6.04 Å². The van der Waals surface area contributed by atoms with Crippen molar-refractivity contribution in [2.45, 2.75) is 23.8 Å². The summed E-state index contributed by atoms with van der Waals surface area (Å²) in [6.07, 6.45) is 2.00. The molecule has 1 unspecified atom stereocenters. The van der Waals surface area contributed by atoms with E-state index in [1.54, 1.807) is 0 Å². The second-order valence-corrected chi connectivity index (χ2v) is 6.27. The van der Waals surface area contributed by atoms with E-state index in [0.717, 1.165) is 18.9 Å². The number of benzene rings is 1. The second-order valence-electron chi connectivity index (χ2n) is 4.24. The smallest absolute Gasteiger partial charge is 0.180 e. The molecular formula is C11H14FNO2S. The van der Waals surface area contributed by atoms with Crippen LogP contribution in [0.2, 0.25) is 0 Å². The highest BCUT2D eigenvalue weighted by Crippen LogP contribution is 2.32. The summed E-state index contributed by atoms with van der Waals surface area (Å²) in [7, 11) is -3.45. The molecule has 16 heavy (non-hydrogen) atoms. The van der Waals surface area contributed by atoms with Crippen molar-refractivity contribution in [2.24, 2.45) is 11.7 Å². The number of halogens is 1. The predicted octanol–water partition coefficient (Wildman–Crippen LogP) is 1.34. The van der Waals surface area contributed by atoms with Gasteiger partial charge in [-0.15, -0.1) is 0 Å². The van der Waals surface area contributed by atoms with E-state index in [9.17, 15) is 12.8 Å². The van der Waals surface area contributed by atoms with Gasteiger partial charge in [-0.25, -0.2) is 12.8 Å². The Bertz CT molecular complexity index is 483. The number of hydrogen-bond acceptors (Lipinski definition) is 3. The lowest BCUT2D eigenvalue weighted by atomic mass is 10.2. The van der Waals surface area contributed by atoms with Gasteiger partial charge in [-0.1, -0.05) is 6.07 Å². The molecule has 1 aliphatic rings. The highest BCUT2D eigenvalue weighted by atomic mass is 32.2. The molecule has 1 aromatic rings. The number of sulfone groups is 1. The van der Waals surface area contributed by atoms with Gasteiger partial charge in [0.05, 0.1) is 10.6 Å². The minimum absolute atomic E-state index is 0.0172. The van der Waals surface area contributed by atoms with Crippen LogP contribution in [0.25, 0.3) is 0 Å². The third-order valence-electron chi connectivity index (χ3n) is 2.79. The maximum atomic E-state index is 12.9.